The van der Waals surface area contributed by atoms with E-state index in [-0.39, 0.29) is 18.6 Å². The maximum Gasteiger partial charge on any atom is 0.239 e. The Morgan fingerprint density at radius 1 is 1.53 bits per heavy atom. The summed E-state index contributed by atoms with van der Waals surface area (Å²) in [6.07, 6.45) is 2.11. The predicted octanol–water partition coefficient (Wildman–Crippen LogP) is 0.305. The van der Waals surface area contributed by atoms with E-state index in [4.69, 9.17) is 9.52 Å². The lowest BCUT2D eigenvalue weighted by atomic mass is 10.1. The second kappa shape index (κ2) is 5.33. The lowest BCUT2D eigenvalue weighted by molar-refractivity contribution is -0.141. The summed E-state index contributed by atoms with van der Waals surface area (Å²) in [6, 6.07) is 3.51. The molecule has 5 nitrogen and oxygen atoms in total. The van der Waals surface area contributed by atoms with Gasteiger partial charge in [-0.2, -0.15) is 0 Å². The van der Waals surface area contributed by atoms with Crippen LogP contribution in [0.1, 0.15) is 12.2 Å². The summed E-state index contributed by atoms with van der Waals surface area (Å²) in [4.78, 5) is 15.8. The van der Waals surface area contributed by atoms with Gasteiger partial charge in [0.1, 0.15) is 5.76 Å². The van der Waals surface area contributed by atoms with Gasteiger partial charge in [-0.1, -0.05) is 0 Å². The smallest absolute Gasteiger partial charge is 0.239 e. The second-order valence-electron chi connectivity index (χ2n) is 4.34. The highest BCUT2D eigenvalue weighted by atomic mass is 16.3. The molecule has 1 fully saturated rings. The van der Waals surface area contributed by atoms with Gasteiger partial charge >= 0.3 is 0 Å². The number of carbonyl (C=O) groups is 1. The summed E-state index contributed by atoms with van der Waals surface area (Å²) >= 11 is 0. The molecule has 1 aliphatic rings. The molecule has 0 spiro atoms. The van der Waals surface area contributed by atoms with E-state index >= 15 is 0 Å². The minimum absolute atomic E-state index is 0.0267. The first kappa shape index (κ1) is 12.1. The molecule has 5 heteroatoms. The molecule has 0 saturated carbocycles. The highest BCUT2D eigenvalue weighted by molar-refractivity contribution is 5.82. The molecule has 1 aromatic heterocycles. The fourth-order valence-electron chi connectivity index (χ4n) is 2.18. The first-order valence-electron chi connectivity index (χ1n) is 5.84. The average molecular weight is 238 g/mol. The zero-order chi connectivity index (χ0) is 12.3. The molecule has 1 aromatic rings. The van der Waals surface area contributed by atoms with Gasteiger partial charge in [0.25, 0.3) is 0 Å². The number of piperazine rings is 1. The monoisotopic (exact) mass is 238 g/mol. The zero-order valence-electron chi connectivity index (χ0n) is 10.0. The van der Waals surface area contributed by atoms with Crippen LogP contribution in [0.5, 0.6) is 0 Å². The van der Waals surface area contributed by atoms with Crippen LogP contribution in [-0.4, -0.2) is 53.6 Å². The van der Waals surface area contributed by atoms with E-state index in [2.05, 4.69) is 4.90 Å². The van der Waals surface area contributed by atoms with Gasteiger partial charge in [0, 0.05) is 26.7 Å². The fraction of sp³-hybridized carbons (Fsp3) is 0.583. The molecular weight excluding hydrogens is 220 g/mol. The first-order valence-corrected chi connectivity index (χ1v) is 5.84. The Kier molecular flexibility index (Phi) is 3.81. The van der Waals surface area contributed by atoms with Crippen LogP contribution in [0, 0.1) is 0 Å². The van der Waals surface area contributed by atoms with Gasteiger partial charge in [0.05, 0.1) is 18.8 Å². The largest absolute Gasteiger partial charge is 0.468 e. The molecular formula is C12H18N2O3. The van der Waals surface area contributed by atoms with E-state index in [0.29, 0.717) is 13.0 Å². The maximum atomic E-state index is 12.0. The molecule has 2 heterocycles. The van der Waals surface area contributed by atoms with Crippen LogP contribution in [0.25, 0.3) is 0 Å². The second-order valence-corrected chi connectivity index (χ2v) is 4.34. The SMILES string of the molecule is CN1CCN(Cc2ccco2)C(CCO)C1=O. The molecule has 0 bridgehead atoms. The van der Waals surface area contributed by atoms with Crippen LogP contribution >= 0.6 is 0 Å². The van der Waals surface area contributed by atoms with Gasteiger partial charge in [-0.05, 0) is 18.6 Å². The van der Waals surface area contributed by atoms with Gasteiger partial charge in [0.2, 0.25) is 5.91 Å². The number of carbonyl (C=O) groups excluding carboxylic acids is 1. The molecule has 1 N–H and O–H groups in total. The van der Waals surface area contributed by atoms with Crippen molar-refractivity contribution in [3.05, 3.63) is 24.2 Å². The van der Waals surface area contributed by atoms with E-state index < -0.39 is 0 Å². The van der Waals surface area contributed by atoms with E-state index in [9.17, 15) is 4.79 Å². The fourth-order valence-corrected chi connectivity index (χ4v) is 2.18. The average Bonchev–Trinajstić information content (AvgIpc) is 2.81. The van der Waals surface area contributed by atoms with Crippen LogP contribution in [0.2, 0.25) is 0 Å². The molecule has 0 aliphatic carbocycles. The van der Waals surface area contributed by atoms with E-state index in [1.165, 1.54) is 0 Å². The normalized spacial score (nSPS) is 22.1. The third-order valence-electron chi connectivity index (χ3n) is 3.17. The minimum Gasteiger partial charge on any atom is -0.468 e. The number of aliphatic hydroxyl groups is 1. The van der Waals surface area contributed by atoms with E-state index in [1.807, 2.05) is 12.1 Å². The Bertz CT molecular complexity index is 364. The van der Waals surface area contributed by atoms with E-state index in [1.54, 1.807) is 18.2 Å². The molecule has 0 radical (unpaired) electrons. The van der Waals surface area contributed by atoms with Gasteiger partial charge < -0.3 is 14.4 Å². The predicted molar refractivity (Wildman–Crippen MR) is 62.2 cm³/mol. The van der Waals surface area contributed by atoms with Crippen LogP contribution in [-0.2, 0) is 11.3 Å². The molecule has 1 aliphatic heterocycles. The molecule has 1 atom stereocenters. The number of furan rings is 1. The van der Waals surface area contributed by atoms with Gasteiger partial charge in [-0.25, -0.2) is 0 Å². The standard InChI is InChI=1S/C12H18N2O3/c1-13-5-6-14(9-10-3-2-8-17-10)11(4-7-15)12(13)16/h2-3,8,11,15H,4-7,9H2,1H3. The first-order chi connectivity index (χ1) is 8.22. The van der Waals surface area contributed by atoms with Crippen molar-refractivity contribution in [2.45, 2.75) is 19.0 Å². The third-order valence-corrected chi connectivity index (χ3v) is 3.17. The topological polar surface area (TPSA) is 56.9 Å². The summed E-state index contributed by atoms with van der Waals surface area (Å²) < 4.78 is 5.30. The van der Waals surface area contributed by atoms with Crippen molar-refractivity contribution in [1.29, 1.82) is 0 Å². The number of amides is 1. The Morgan fingerprint density at radius 3 is 3.00 bits per heavy atom. The highest BCUT2D eigenvalue weighted by Crippen LogP contribution is 2.16. The number of likely N-dealkylation sites (N-methyl/N-ethyl adjacent to an activating group) is 1. The van der Waals surface area contributed by atoms with Crippen molar-refractivity contribution in [3.8, 4) is 0 Å². The van der Waals surface area contributed by atoms with Crippen molar-refractivity contribution in [2.75, 3.05) is 26.7 Å². The molecule has 1 amide bonds. The molecule has 1 unspecified atom stereocenters. The number of hydrogen-bond acceptors (Lipinski definition) is 4. The van der Waals surface area contributed by atoms with Gasteiger partial charge in [-0.15, -0.1) is 0 Å². The summed E-state index contributed by atoms with van der Waals surface area (Å²) in [5.41, 5.74) is 0. The minimum atomic E-state index is -0.233. The number of hydrogen-bond donors (Lipinski definition) is 1. The summed E-state index contributed by atoms with van der Waals surface area (Å²) in [7, 11) is 1.80. The van der Waals surface area contributed by atoms with Crippen molar-refractivity contribution < 1.29 is 14.3 Å². The zero-order valence-corrected chi connectivity index (χ0v) is 10.0. The molecule has 2 rings (SSSR count). The number of aliphatic hydroxyl groups excluding tert-OH is 1. The Labute approximate surface area is 101 Å². The lowest BCUT2D eigenvalue weighted by Gasteiger charge is -2.38. The summed E-state index contributed by atoms with van der Waals surface area (Å²) in [5.74, 6) is 0.933. The third kappa shape index (κ3) is 2.68. The Hall–Kier alpha value is -1.33. The van der Waals surface area contributed by atoms with E-state index in [0.717, 1.165) is 18.8 Å². The van der Waals surface area contributed by atoms with Crippen LogP contribution in [0.3, 0.4) is 0 Å². The molecule has 17 heavy (non-hydrogen) atoms. The Morgan fingerprint density at radius 2 is 2.35 bits per heavy atom. The summed E-state index contributed by atoms with van der Waals surface area (Å²) in [5, 5.41) is 9.05. The highest BCUT2D eigenvalue weighted by Gasteiger charge is 2.32. The van der Waals surface area contributed by atoms with Crippen LogP contribution in [0.15, 0.2) is 22.8 Å². The molecule has 94 valence electrons. The van der Waals surface area contributed by atoms with Crippen LogP contribution in [0.4, 0.5) is 0 Å². The van der Waals surface area contributed by atoms with Crippen LogP contribution < -0.4 is 0 Å². The maximum absolute atomic E-state index is 12.0. The van der Waals surface area contributed by atoms with Gasteiger partial charge in [-0.3, -0.25) is 9.69 Å². The summed E-state index contributed by atoms with van der Waals surface area (Å²) in [6.45, 7) is 2.19. The quantitative estimate of drug-likeness (QED) is 0.820. The van der Waals surface area contributed by atoms with Crippen molar-refractivity contribution >= 4 is 5.91 Å². The van der Waals surface area contributed by atoms with Crippen molar-refractivity contribution in [3.63, 3.8) is 0 Å². The molecule has 0 aromatic carbocycles. The number of rotatable bonds is 4. The van der Waals surface area contributed by atoms with Gasteiger partial charge in [0.15, 0.2) is 0 Å². The lowest BCUT2D eigenvalue weighted by Crippen LogP contribution is -2.55. The number of nitrogens with zero attached hydrogens (tertiary/aromatic N) is 2. The molecule has 1 saturated heterocycles. The van der Waals surface area contributed by atoms with Crippen molar-refractivity contribution in [2.24, 2.45) is 0 Å². The Balaban J connectivity index is 2.06. The van der Waals surface area contributed by atoms with Crippen molar-refractivity contribution in [1.82, 2.24) is 9.80 Å².